The average molecular weight is 685 g/mol. The summed E-state index contributed by atoms with van der Waals surface area (Å²) in [4.78, 5) is 0. The number of fused-ring (bicyclic) bond motifs is 1. The van der Waals surface area contributed by atoms with Crippen LogP contribution < -0.4 is 9.46 Å². The van der Waals surface area contributed by atoms with Gasteiger partial charge in [-0.15, -0.1) is 0 Å². The Labute approximate surface area is 257 Å². The van der Waals surface area contributed by atoms with E-state index in [4.69, 9.17) is 4.74 Å². The lowest BCUT2D eigenvalue weighted by atomic mass is 9.89. The Morgan fingerprint density at radius 1 is 0.804 bits per heavy atom. The molecule has 0 bridgehead atoms. The molecule has 250 valence electrons. The van der Waals surface area contributed by atoms with Gasteiger partial charge in [0.2, 0.25) is 0 Å². The third kappa shape index (κ3) is 6.18. The van der Waals surface area contributed by atoms with Gasteiger partial charge in [0, 0.05) is 17.7 Å². The predicted molar refractivity (Wildman–Crippen MR) is 146 cm³/mol. The van der Waals surface area contributed by atoms with Gasteiger partial charge in [-0.2, -0.15) is 57.0 Å². The maximum absolute atomic E-state index is 14.8. The minimum Gasteiger partial charge on any atom is -0.496 e. The number of halogens is 10. The lowest BCUT2D eigenvalue weighted by molar-refractivity contribution is -0.143. The first-order chi connectivity index (χ1) is 21.1. The zero-order valence-corrected chi connectivity index (χ0v) is 25.0. The second-order valence-electron chi connectivity index (χ2n) is 11.5. The first kappa shape index (κ1) is 34.0. The number of hydrogen-bond acceptors (Lipinski definition) is 3. The third-order valence-corrected chi connectivity index (χ3v) is 9.88. The standard InChI is InChI=1S/C30H26F10N2O3S/c1-14(2)20-12-22(26(45-3)13-23(20)31)19-5-4-16(28(32,33)34)11-21(19)24-6-7-25-27(41-46(43,44)42(24)25)15-8-17(29(35,36)37)10-18(9-15)30(38,39)40/h4-5,8-14,24-25,27,41H,6-7H2,1-3H3/t24-,25-,27+/m0/s1. The largest absolute Gasteiger partial charge is 0.496 e. The molecule has 0 unspecified atom stereocenters. The number of alkyl halides is 9. The number of methoxy groups -OCH3 is 1. The summed E-state index contributed by atoms with van der Waals surface area (Å²) in [5.41, 5.74) is -4.74. The molecule has 0 aromatic heterocycles. The Bertz CT molecular complexity index is 1740. The van der Waals surface area contributed by atoms with Crippen molar-refractivity contribution >= 4 is 10.2 Å². The van der Waals surface area contributed by atoms with Gasteiger partial charge in [-0.25, -0.2) is 4.39 Å². The Morgan fingerprint density at radius 3 is 1.91 bits per heavy atom. The monoisotopic (exact) mass is 684 g/mol. The van der Waals surface area contributed by atoms with E-state index in [0.717, 1.165) is 28.6 Å². The van der Waals surface area contributed by atoms with Crippen LogP contribution in [0.15, 0.2) is 48.5 Å². The van der Waals surface area contributed by atoms with Crippen LogP contribution in [0.3, 0.4) is 0 Å². The van der Waals surface area contributed by atoms with Gasteiger partial charge in [-0.1, -0.05) is 19.9 Å². The van der Waals surface area contributed by atoms with Crippen molar-refractivity contribution in [2.24, 2.45) is 0 Å². The fourth-order valence-corrected chi connectivity index (χ4v) is 8.04. The van der Waals surface area contributed by atoms with Crippen LogP contribution in [0.25, 0.3) is 11.1 Å². The molecule has 3 aromatic carbocycles. The van der Waals surface area contributed by atoms with E-state index in [0.29, 0.717) is 12.1 Å². The average Bonchev–Trinajstić information content (AvgIpc) is 3.50. The highest BCUT2D eigenvalue weighted by Crippen LogP contribution is 2.51. The predicted octanol–water partition coefficient (Wildman–Crippen LogP) is 8.78. The summed E-state index contributed by atoms with van der Waals surface area (Å²) >= 11 is 0. The number of benzene rings is 3. The molecular weight excluding hydrogens is 658 g/mol. The van der Waals surface area contributed by atoms with Crippen molar-refractivity contribution in [1.82, 2.24) is 9.03 Å². The van der Waals surface area contributed by atoms with Gasteiger partial charge in [-0.05, 0) is 77.4 Å². The van der Waals surface area contributed by atoms with Crippen LogP contribution in [0.2, 0.25) is 0 Å². The summed E-state index contributed by atoms with van der Waals surface area (Å²) in [6.07, 6.45) is -15.5. The highest BCUT2D eigenvalue weighted by molar-refractivity contribution is 7.87. The Kier molecular flexibility index (Phi) is 8.42. The Morgan fingerprint density at radius 2 is 1.39 bits per heavy atom. The van der Waals surface area contributed by atoms with Crippen LogP contribution >= 0.6 is 0 Å². The molecule has 3 aromatic rings. The van der Waals surface area contributed by atoms with Crippen molar-refractivity contribution in [3.05, 3.63) is 87.7 Å². The first-order valence-electron chi connectivity index (χ1n) is 13.8. The molecule has 0 radical (unpaired) electrons. The Balaban J connectivity index is 1.68. The number of nitrogens with zero attached hydrogens (tertiary/aromatic N) is 1. The second kappa shape index (κ2) is 11.4. The molecule has 2 fully saturated rings. The van der Waals surface area contributed by atoms with Crippen LogP contribution in [0.5, 0.6) is 5.75 Å². The molecule has 2 heterocycles. The third-order valence-electron chi connectivity index (χ3n) is 8.25. The van der Waals surface area contributed by atoms with E-state index >= 15 is 0 Å². The van der Waals surface area contributed by atoms with E-state index in [9.17, 15) is 52.3 Å². The molecule has 16 heteroatoms. The van der Waals surface area contributed by atoms with Crippen molar-refractivity contribution in [3.8, 4) is 16.9 Å². The number of rotatable bonds is 5. The molecule has 2 aliphatic heterocycles. The van der Waals surface area contributed by atoms with Crippen LogP contribution in [-0.2, 0) is 28.7 Å². The SMILES string of the molecule is COc1cc(F)c(C(C)C)cc1-c1ccc(C(F)(F)F)cc1[C@@H]1CC[C@H]2[C@@H](c3cc(C(F)(F)F)cc(C(F)(F)F)c3)NS(=O)(=O)N12. The highest BCUT2D eigenvalue weighted by atomic mass is 32.2. The van der Waals surface area contributed by atoms with Gasteiger partial charge >= 0.3 is 18.5 Å². The molecular formula is C30H26F10N2O3S. The lowest BCUT2D eigenvalue weighted by Gasteiger charge is -2.26. The maximum Gasteiger partial charge on any atom is 0.416 e. The van der Waals surface area contributed by atoms with Crippen molar-refractivity contribution < 1.29 is 57.1 Å². The number of hydrogen-bond donors (Lipinski definition) is 1. The molecule has 3 atom stereocenters. The van der Waals surface area contributed by atoms with Gasteiger partial charge < -0.3 is 4.74 Å². The van der Waals surface area contributed by atoms with Crippen molar-refractivity contribution in [2.75, 3.05) is 7.11 Å². The molecule has 2 aliphatic rings. The summed E-state index contributed by atoms with van der Waals surface area (Å²) < 4.78 is 173. The topological polar surface area (TPSA) is 58.6 Å². The normalized spacial score (nSPS) is 22.0. The highest BCUT2D eigenvalue weighted by Gasteiger charge is 2.54. The minimum absolute atomic E-state index is 0.0543. The second-order valence-corrected chi connectivity index (χ2v) is 13.1. The zero-order valence-electron chi connectivity index (χ0n) is 24.2. The Hall–Kier alpha value is -3.37. The van der Waals surface area contributed by atoms with E-state index in [1.54, 1.807) is 13.8 Å². The van der Waals surface area contributed by atoms with E-state index in [1.807, 2.05) is 0 Å². The molecule has 1 N–H and O–H groups in total. The molecule has 0 spiro atoms. The maximum atomic E-state index is 14.8. The van der Waals surface area contributed by atoms with Crippen molar-refractivity contribution in [1.29, 1.82) is 0 Å². The fourth-order valence-electron chi connectivity index (χ4n) is 6.17. The fraction of sp³-hybridized carbons (Fsp3) is 0.400. The first-order valence-corrected chi connectivity index (χ1v) is 15.3. The van der Waals surface area contributed by atoms with Crippen molar-refractivity contribution in [2.45, 2.75) is 69.3 Å². The number of nitrogens with one attached hydrogen (secondary N) is 1. The minimum atomic E-state index is -5.19. The summed E-state index contributed by atoms with van der Waals surface area (Å²) in [7, 11) is -3.44. The van der Waals surface area contributed by atoms with Crippen molar-refractivity contribution in [3.63, 3.8) is 0 Å². The molecule has 0 amide bonds. The zero-order chi connectivity index (χ0) is 34.1. The summed E-state index contributed by atoms with van der Waals surface area (Å²) in [6, 6.07) is 1.66. The van der Waals surface area contributed by atoms with Crippen LogP contribution in [0.4, 0.5) is 43.9 Å². The molecule has 0 aliphatic carbocycles. The molecule has 5 nitrogen and oxygen atoms in total. The van der Waals surface area contributed by atoms with Gasteiger partial charge in [0.05, 0.1) is 35.9 Å². The van der Waals surface area contributed by atoms with Gasteiger partial charge in [0.1, 0.15) is 11.6 Å². The molecule has 5 rings (SSSR count). The summed E-state index contributed by atoms with van der Waals surface area (Å²) in [6.45, 7) is 3.37. The van der Waals surface area contributed by atoms with E-state index in [-0.39, 0.29) is 52.8 Å². The van der Waals surface area contributed by atoms with E-state index < -0.39 is 74.9 Å². The number of ether oxygens (including phenoxy) is 1. The van der Waals surface area contributed by atoms with Crippen LogP contribution in [-0.4, -0.2) is 25.9 Å². The van der Waals surface area contributed by atoms with Gasteiger partial charge in [0.15, 0.2) is 0 Å². The van der Waals surface area contributed by atoms with Crippen LogP contribution in [0.1, 0.15) is 78.1 Å². The molecule has 2 saturated heterocycles. The van der Waals surface area contributed by atoms with Gasteiger partial charge in [0.25, 0.3) is 10.2 Å². The smallest absolute Gasteiger partial charge is 0.416 e. The lowest BCUT2D eigenvalue weighted by Crippen LogP contribution is -2.33. The molecule has 46 heavy (non-hydrogen) atoms. The van der Waals surface area contributed by atoms with Gasteiger partial charge in [-0.3, -0.25) is 0 Å². The summed E-state index contributed by atoms with van der Waals surface area (Å²) in [5.74, 6) is -1.06. The quantitative estimate of drug-likeness (QED) is 0.274. The van der Waals surface area contributed by atoms with Crippen LogP contribution in [0, 0.1) is 5.82 Å². The van der Waals surface area contributed by atoms with E-state index in [2.05, 4.69) is 4.72 Å². The molecule has 0 saturated carbocycles. The summed E-state index contributed by atoms with van der Waals surface area (Å²) in [5, 5.41) is 0. The van der Waals surface area contributed by atoms with E-state index in [1.165, 1.54) is 13.2 Å².